The second-order valence-corrected chi connectivity index (χ2v) is 5.41. The summed E-state index contributed by atoms with van der Waals surface area (Å²) in [7, 11) is 4.61. The van der Waals surface area contributed by atoms with Crippen molar-refractivity contribution in [3.05, 3.63) is 41.5 Å². The predicted molar refractivity (Wildman–Crippen MR) is 86.3 cm³/mol. The molecule has 1 heterocycles. The highest BCUT2D eigenvalue weighted by molar-refractivity contribution is 5.78. The number of carbonyl (C=O) groups excluding carboxylic acids is 1. The number of aromatic hydroxyl groups is 1. The molecule has 24 heavy (non-hydrogen) atoms. The molecule has 0 unspecified atom stereocenters. The number of methoxy groups -OCH3 is 3. The van der Waals surface area contributed by atoms with E-state index in [9.17, 15) is 9.90 Å². The van der Waals surface area contributed by atoms with Crippen molar-refractivity contribution in [1.82, 2.24) is 0 Å². The maximum Gasteiger partial charge on any atom is 0.312 e. The quantitative estimate of drug-likeness (QED) is 0.686. The Bertz CT molecular complexity index is 758. The number of fused-ring (bicyclic) bond motifs is 1. The van der Waals surface area contributed by atoms with Gasteiger partial charge in [0.1, 0.15) is 11.5 Å². The summed E-state index contributed by atoms with van der Waals surface area (Å²) in [5.41, 5.74) is 1.55. The molecule has 6 heteroatoms. The zero-order valence-corrected chi connectivity index (χ0v) is 13.7. The number of ether oxygens (including phenoxy) is 4. The van der Waals surface area contributed by atoms with Gasteiger partial charge >= 0.3 is 5.97 Å². The molecule has 0 saturated heterocycles. The summed E-state index contributed by atoms with van der Waals surface area (Å²) in [6.07, 6.45) is 0.162. The van der Waals surface area contributed by atoms with Crippen molar-refractivity contribution < 1.29 is 28.8 Å². The van der Waals surface area contributed by atoms with Crippen LogP contribution in [0.4, 0.5) is 0 Å². The molecule has 6 nitrogen and oxygen atoms in total. The molecule has 2 aromatic carbocycles. The largest absolute Gasteiger partial charge is 0.508 e. The molecule has 3 rings (SSSR count). The van der Waals surface area contributed by atoms with Crippen LogP contribution in [-0.2, 0) is 4.79 Å². The van der Waals surface area contributed by atoms with Crippen LogP contribution in [0.5, 0.6) is 28.7 Å². The molecule has 126 valence electrons. The lowest BCUT2D eigenvalue weighted by atomic mass is 9.86. The van der Waals surface area contributed by atoms with Crippen molar-refractivity contribution in [3.63, 3.8) is 0 Å². The summed E-state index contributed by atoms with van der Waals surface area (Å²) in [6.45, 7) is 0. The number of rotatable bonds is 4. The summed E-state index contributed by atoms with van der Waals surface area (Å²) in [6, 6.07) is 8.29. The van der Waals surface area contributed by atoms with Crippen LogP contribution in [0.25, 0.3) is 0 Å². The lowest BCUT2D eigenvalue weighted by Crippen LogP contribution is -2.21. The first-order chi connectivity index (χ1) is 11.6. The van der Waals surface area contributed by atoms with Crippen molar-refractivity contribution in [2.45, 2.75) is 12.3 Å². The lowest BCUT2D eigenvalue weighted by Gasteiger charge is -2.26. The SMILES string of the molecule is COc1cc([C@@H]2CC(=O)Oc3ccc(O)cc32)cc(OC)c1OC. The van der Waals surface area contributed by atoms with E-state index in [1.165, 1.54) is 27.4 Å². The van der Waals surface area contributed by atoms with E-state index < -0.39 is 0 Å². The molecular weight excluding hydrogens is 312 g/mol. The van der Waals surface area contributed by atoms with E-state index in [0.29, 0.717) is 23.0 Å². The number of esters is 1. The van der Waals surface area contributed by atoms with E-state index in [2.05, 4.69) is 0 Å². The third-order valence-electron chi connectivity index (χ3n) is 4.05. The van der Waals surface area contributed by atoms with Crippen LogP contribution in [0, 0.1) is 0 Å². The normalized spacial score (nSPS) is 16.1. The van der Waals surface area contributed by atoms with Crippen molar-refractivity contribution >= 4 is 5.97 Å². The maximum absolute atomic E-state index is 12.0. The Balaban J connectivity index is 2.15. The van der Waals surface area contributed by atoms with Crippen LogP contribution >= 0.6 is 0 Å². The molecular formula is C18H18O6. The van der Waals surface area contributed by atoms with Gasteiger partial charge in [-0.15, -0.1) is 0 Å². The van der Waals surface area contributed by atoms with Gasteiger partial charge in [-0.05, 0) is 35.9 Å². The summed E-state index contributed by atoms with van der Waals surface area (Å²) < 4.78 is 21.3. The van der Waals surface area contributed by atoms with Crippen LogP contribution in [-0.4, -0.2) is 32.4 Å². The Labute approximate surface area is 139 Å². The number of hydrogen-bond donors (Lipinski definition) is 1. The molecule has 0 bridgehead atoms. The van der Waals surface area contributed by atoms with Gasteiger partial charge in [0.2, 0.25) is 5.75 Å². The van der Waals surface area contributed by atoms with Crippen LogP contribution in [0.2, 0.25) is 0 Å². The zero-order valence-electron chi connectivity index (χ0n) is 13.7. The minimum atomic E-state index is -0.327. The maximum atomic E-state index is 12.0. The lowest BCUT2D eigenvalue weighted by molar-refractivity contribution is -0.135. The first-order valence-electron chi connectivity index (χ1n) is 7.40. The first kappa shape index (κ1) is 16.0. The van der Waals surface area contributed by atoms with Crippen molar-refractivity contribution in [2.75, 3.05) is 21.3 Å². The fourth-order valence-corrected chi connectivity index (χ4v) is 2.94. The third-order valence-corrected chi connectivity index (χ3v) is 4.05. The van der Waals surface area contributed by atoms with Gasteiger partial charge in [0, 0.05) is 11.5 Å². The standard InChI is InChI=1S/C18H18O6/c1-21-15-6-10(7-16(22-2)18(15)23-3)12-9-17(20)24-14-5-4-11(19)8-13(12)14/h4-8,12,19H,9H2,1-3H3/t12-/m0/s1. The topological polar surface area (TPSA) is 74.2 Å². The van der Waals surface area contributed by atoms with Gasteiger partial charge in [-0.1, -0.05) is 0 Å². The highest BCUT2D eigenvalue weighted by atomic mass is 16.5. The average molecular weight is 330 g/mol. The van der Waals surface area contributed by atoms with Gasteiger partial charge in [-0.25, -0.2) is 0 Å². The number of benzene rings is 2. The van der Waals surface area contributed by atoms with E-state index >= 15 is 0 Å². The van der Waals surface area contributed by atoms with Crippen LogP contribution in [0.1, 0.15) is 23.5 Å². The minimum absolute atomic E-state index is 0.115. The van der Waals surface area contributed by atoms with Gasteiger partial charge in [0.15, 0.2) is 11.5 Å². The second-order valence-electron chi connectivity index (χ2n) is 5.41. The monoisotopic (exact) mass is 330 g/mol. The van der Waals surface area contributed by atoms with Gasteiger partial charge in [-0.2, -0.15) is 0 Å². The fraction of sp³-hybridized carbons (Fsp3) is 0.278. The molecule has 0 fully saturated rings. The number of hydrogen-bond acceptors (Lipinski definition) is 6. The molecule has 1 N–H and O–H groups in total. The van der Waals surface area contributed by atoms with Crippen molar-refractivity contribution in [2.24, 2.45) is 0 Å². The van der Waals surface area contributed by atoms with Crippen LogP contribution in [0.3, 0.4) is 0 Å². The molecule has 0 spiro atoms. The second kappa shape index (κ2) is 6.31. The summed E-state index contributed by atoms with van der Waals surface area (Å²) >= 11 is 0. The Morgan fingerprint density at radius 1 is 1.04 bits per heavy atom. The number of carbonyl (C=O) groups is 1. The highest BCUT2D eigenvalue weighted by Crippen LogP contribution is 2.45. The number of phenolic OH excluding ortho intramolecular Hbond substituents is 1. The molecule has 2 aromatic rings. The van der Waals surface area contributed by atoms with Crippen molar-refractivity contribution in [3.8, 4) is 28.7 Å². The van der Waals surface area contributed by atoms with Gasteiger partial charge in [0.05, 0.1) is 27.8 Å². The zero-order chi connectivity index (χ0) is 17.3. The summed E-state index contributed by atoms with van der Waals surface area (Å²) in [4.78, 5) is 12.0. The van der Waals surface area contributed by atoms with E-state index in [1.54, 1.807) is 24.3 Å². The van der Waals surface area contributed by atoms with E-state index in [4.69, 9.17) is 18.9 Å². The fourth-order valence-electron chi connectivity index (χ4n) is 2.94. The van der Waals surface area contributed by atoms with Gasteiger partial charge in [-0.3, -0.25) is 4.79 Å². The number of phenols is 1. The molecule has 1 atom stereocenters. The average Bonchev–Trinajstić information content (AvgIpc) is 2.60. The predicted octanol–water partition coefficient (Wildman–Crippen LogP) is 2.86. The highest BCUT2D eigenvalue weighted by Gasteiger charge is 2.30. The Kier molecular flexibility index (Phi) is 4.20. The molecule has 1 aliphatic rings. The van der Waals surface area contributed by atoms with Crippen LogP contribution in [0.15, 0.2) is 30.3 Å². The third kappa shape index (κ3) is 2.71. The Hall–Kier alpha value is -2.89. The molecule has 0 amide bonds. The summed E-state index contributed by atoms with van der Waals surface area (Å²) in [5.74, 6) is 1.46. The molecule has 0 aromatic heterocycles. The smallest absolute Gasteiger partial charge is 0.312 e. The van der Waals surface area contributed by atoms with E-state index in [1.807, 2.05) is 0 Å². The van der Waals surface area contributed by atoms with E-state index in [-0.39, 0.29) is 24.1 Å². The molecule has 0 radical (unpaired) electrons. The Morgan fingerprint density at radius 2 is 1.71 bits per heavy atom. The molecule has 1 aliphatic heterocycles. The van der Waals surface area contributed by atoms with Crippen molar-refractivity contribution in [1.29, 1.82) is 0 Å². The Morgan fingerprint density at radius 3 is 2.29 bits per heavy atom. The minimum Gasteiger partial charge on any atom is -0.508 e. The van der Waals surface area contributed by atoms with Gasteiger partial charge in [0.25, 0.3) is 0 Å². The van der Waals surface area contributed by atoms with E-state index in [0.717, 1.165) is 11.1 Å². The molecule has 0 saturated carbocycles. The van der Waals surface area contributed by atoms with Crippen LogP contribution < -0.4 is 18.9 Å². The first-order valence-corrected chi connectivity index (χ1v) is 7.40. The molecule has 0 aliphatic carbocycles. The summed E-state index contributed by atoms with van der Waals surface area (Å²) in [5, 5.41) is 9.79. The van der Waals surface area contributed by atoms with Gasteiger partial charge < -0.3 is 24.1 Å².